The minimum absolute atomic E-state index is 0.0196. The summed E-state index contributed by atoms with van der Waals surface area (Å²) in [5.41, 5.74) is -2.67. The minimum atomic E-state index is -1.77. The zero-order valence-corrected chi connectivity index (χ0v) is 11.2. The normalized spacial score (nSPS) is 14.2. The van der Waals surface area contributed by atoms with Gasteiger partial charge in [-0.25, -0.2) is 17.6 Å². The molecule has 0 bridgehead atoms. The van der Waals surface area contributed by atoms with Gasteiger partial charge in [0.1, 0.15) is 5.56 Å². The molecule has 1 aromatic carbocycles. The van der Waals surface area contributed by atoms with Crippen LogP contribution in [0.5, 0.6) is 0 Å². The Kier molecular flexibility index (Phi) is 4.75. The molecule has 0 aliphatic carbocycles. The average Bonchev–Trinajstić information content (AvgIpc) is 2.34. The zero-order valence-electron chi connectivity index (χ0n) is 11.2. The first-order chi connectivity index (χ1) is 9.08. The molecule has 3 nitrogen and oxygen atoms in total. The number of nitrogens with one attached hydrogen (secondary N) is 1. The maximum atomic E-state index is 13.4. The van der Waals surface area contributed by atoms with Crippen LogP contribution in [0.3, 0.4) is 0 Å². The third-order valence-electron chi connectivity index (χ3n) is 3.19. The van der Waals surface area contributed by atoms with Crippen LogP contribution in [0.15, 0.2) is 6.07 Å². The molecule has 0 aliphatic rings. The molecule has 0 spiro atoms. The maximum Gasteiger partial charge on any atom is 0.257 e. The summed E-state index contributed by atoms with van der Waals surface area (Å²) < 4.78 is 52.7. The minimum Gasteiger partial charge on any atom is -0.388 e. The van der Waals surface area contributed by atoms with Gasteiger partial charge in [-0.2, -0.15) is 0 Å². The molecular formula is C13H15F4NO2. The van der Waals surface area contributed by atoms with E-state index in [1.807, 2.05) is 0 Å². The van der Waals surface area contributed by atoms with Gasteiger partial charge in [0.2, 0.25) is 0 Å². The van der Waals surface area contributed by atoms with Crippen LogP contribution in [0.1, 0.15) is 31.1 Å². The molecule has 1 atom stereocenters. The number of carbonyl (C=O) groups excluding carboxylic acids is 1. The molecule has 1 rings (SSSR count). The quantitative estimate of drug-likeness (QED) is 0.661. The van der Waals surface area contributed by atoms with E-state index < -0.39 is 40.3 Å². The zero-order chi connectivity index (χ0) is 15.7. The SMILES string of the molecule is CC(C)C(C)(O)CNC(=O)c1c(F)c(F)cc(F)c1F. The van der Waals surface area contributed by atoms with Crippen molar-refractivity contribution in [3.63, 3.8) is 0 Å². The van der Waals surface area contributed by atoms with Gasteiger partial charge in [-0.3, -0.25) is 4.79 Å². The second-order valence-corrected chi connectivity index (χ2v) is 5.04. The molecule has 1 unspecified atom stereocenters. The summed E-state index contributed by atoms with van der Waals surface area (Å²) in [5, 5.41) is 11.9. The Bertz CT molecular complexity index is 503. The van der Waals surface area contributed by atoms with E-state index in [0.717, 1.165) is 0 Å². The first kappa shape index (κ1) is 16.4. The van der Waals surface area contributed by atoms with Crippen molar-refractivity contribution in [1.29, 1.82) is 0 Å². The highest BCUT2D eigenvalue weighted by Gasteiger charge is 2.29. The van der Waals surface area contributed by atoms with Crippen LogP contribution in [-0.4, -0.2) is 23.2 Å². The Morgan fingerprint density at radius 3 is 2.10 bits per heavy atom. The standard InChI is InChI=1S/C13H15F4NO2/c1-6(2)13(3,20)5-18-12(19)9-10(16)7(14)4-8(15)11(9)17/h4,6,20H,5H2,1-3H3,(H,18,19). The topological polar surface area (TPSA) is 49.3 Å². The number of carbonyl (C=O) groups is 1. The lowest BCUT2D eigenvalue weighted by Gasteiger charge is -2.27. The molecule has 7 heteroatoms. The number of hydrogen-bond donors (Lipinski definition) is 2. The van der Waals surface area contributed by atoms with Crippen LogP contribution in [0.25, 0.3) is 0 Å². The maximum absolute atomic E-state index is 13.4. The molecule has 0 radical (unpaired) electrons. The van der Waals surface area contributed by atoms with Crippen LogP contribution in [0.4, 0.5) is 17.6 Å². The van der Waals surface area contributed by atoms with Crippen LogP contribution >= 0.6 is 0 Å². The fraction of sp³-hybridized carbons (Fsp3) is 0.462. The predicted octanol–water partition coefficient (Wildman–Crippen LogP) is 2.38. The molecule has 0 saturated heterocycles. The number of hydrogen-bond acceptors (Lipinski definition) is 2. The van der Waals surface area contributed by atoms with Gasteiger partial charge < -0.3 is 10.4 Å². The fourth-order valence-electron chi connectivity index (χ4n) is 1.32. The largest absolute Gasteiger partial charge is 0.388 e. The van der Waals surface area contributed by atoms with Crippen molar-refractivity contribution >= 4 is 5.91 Å². The third kappa shape index (κ3) is 3.27. The molecule has 112 valence electrons. The number of rotatable bonds is 4. The molecule has 0 fully saturated rings. The lowest BCUT2D eigenvalue weighted by molar-refractivity contribution is 0.0141. The Morgan fingerprint density at radius 1 is 1.25 bits per heavy atom. The van der Waals surface area contributed by atoms with Crippen molar-refractivity contribution in [2.24, 2.45) is 5.92 Å². The van der Waals surface area contributed by atoms with Gasteiger partial charge in [0.15, 0.2) is 23.3 Å². The van der Waals surface area contributed by atoms with Gasteiger partial charge in [0.25, 0.3) is 5.91 Å². The van der Waals surface area contributed by atoms with Crippen molar-refractivity contribution in [2.75, 3.05) is 6.54 Å². The van der Waals surface area contributed by atoms with E-state index in [-0.39, 0.29) is 18.5 Å². The summed E-state index contributed by atoms with van der Waals surface area (Å²) in [6.45, 7) is 4.45. The molecular weight excluding hydrogens is 278 g/mol. The van der Waals surface area contributed by atoms with E-state index in [2.05, 4.69) is 5.32 Å². The number of halogens is 4. The molecule has 0 aliphatic heterocycles. The van der Waals surface area contributed by atoms with E-state index in [9.17, 15) is 27.5 Å². The lowest BCUT2D eigenvalue weighted by atomic mass is 9.92. The molecule has 1 aromatic rings. The van der Waals surface area contributed by atoms with Crippen LogP contribution in [-0.2, 0) is 0 Å². The molecule has 1 amide bonds. The first-order valence-corrected chi connectivity index (χ1v) is 5.91. The molecule has 0 aromatic heterocycles. The van der Waals surface area contributed by atoms with Crippen molar-refractivity contribution < 1.29 is 27.5 Å². The highest BCUT2D eigenvalue weighted by Crippen LogP contribution is 2.20. The molecule has 0 saturated carbocycles. The summed E-state index contributed by atoms with van der Waals surface area (Å²) in [5.74, 6) is -8.45. The van der Waals surface area contributed by atoms with Gasteiger partial charge in [-0.15, -0.1) is 0 Å². The monoisotopic (exact) mass is 293 g/mol. The van der Waals surface area contributed by atoms with Crippen LogP contribution < -0.4 is 5.32 Å². The highest BCUT2D eigenvalue weighted by atomic mass is 19.2. The lowest BCUT2D eigenvalue weighted by Crippen LogP contribution is -2.44. The smallest absolute Gasteiger partial charge is 0.257 e. The fourth-order valence-corrected chi connectivity index (χ4v) is 1.32. The van der Waals surface area contributed by atoms with E-state index in [4.69, 9.17) is 0 Å². The summed E-state index contributed by atoms with van der Waals surface area (Å²) in [4.78, 5) is 11.6. The highest BCUT2D eigenvalue weighted by molar-refractivity contribution is 5.94. The molecule has 0 heterocycles. The van der Waals surface area contributed by atoms with E-state index >= 15 is 0 Å². The Morgan fingerprint density at radius 2 is 1.70 bits per heavy atom. The van der Waals surface area contributed by atoms with Crippen LogP contribution in [0.2, 0.25) is 0 Å². The number of aliphatic hydroxyl groups is 1. The van der Waals surface area contributed by atoms with E-state index in [1.54, 1.807) is 13.8 Å². The number of benzene rings is 1. The molecule has 2 N–H and O–H groups in total. The van der Waals surface area contributed by atoms with Gasteiger partial charge in [0.05, 0.1) is 5.60 Å². The van der Waals surface area contributed by atoms with Crippen LogP contribution in [0, 0.1) is 29.2 Å². The second-order valence-electron chi connectivity index (χ2n) is 5.04. The van der Waals surface area contributed by atoms with Gasteiger partial charge in [0, 0.05) is 12.6 Å². The Hall–Kier alpha value is -1.63. The van der Waals surface area contributed by atoms with Crippen molar-refractivity contribution in [3.8, 4) is 0 Å². The molecule has 20 heavy (non-hydrogen) atoms. The van der Waals surface area contributed by atoms with Gasteiger partial charge in [-0.1, -0.05) is 13.8 Å². The van der Waals surface area contributed by atoms with Crippen molar-refractivity contribution in [2.45, 2.75) is 26.4 Å². The Balaban J connectivity index is 3.00. The van der Waals surface area contributed by atoms with Crippen molar-refractivity contribution in [3.05, 3.63) is 34.9 Å². The van der Waals surface area contributed by atoms with E-state index in [1.165, 1.54) is 6.92 Å². The number of amides is 1. The van der Waals surface area contributed by atoms with Crippen molar-refractivity contribution in [1.82, 2.24) is 5.32 Å². The summed E-state index contributed by atoms with van der Waals surface area (Å²) in [7, 11) is 0. The average molecular weight is 293 g/mol. The summed E-state index contributed by atoms with van der Waals surface area (Å²) >= 11 is 0. The first-order valence-electron chi connectivity index (χ1n) is 5.91. The van der Waals surface area contributed by atoms with E-state index in [0.29, 0.717) is 0 Å². The summed E-state index contributed by atoms with van der Waals surface area (Å²) in [6.07, 6.45) is 0. The summed E-state index contributed by atoms with van der Waals surface area (Å²) in [6, 6.07) is 0.0196. The predicted molar refractivity (Wildman–Crippen MR) is 64.1 cm³/mol. The van der Waals surface area contributed by atoms with Gasteiger partial charge in [-0.05, 0) is 12.8 Å². The third-order valence-corrected chi connectivity index (χ3v) is 3.19. The Labute approximate surface area is 113 Å². The van der Waals surface area contributed by atoms with Gasteiger partial charge >= 0.3 is 0 Å². The second kappa shape index (κ2) is 5.78.